The van der Waals surface area contributed by atoms with Gasteiger partial charge in [0.05, 0.1) is 0 Å². The molecule has 0 bridgehead atoms. The van der Waals surface area contributed by atoms with Crippen molar-refractivity contribution in [1.29, 1.82) is 0 Å². The van der Waals surface area contributed by atoms with Crippen molar-refractivity contribution < 1.29 is 4.79 Å². The fourth-order valence-corrected chi connectivity index (χ4v) is 0.384. The van der Waals surface area contributed by atoms with Crippen LogP contribution >= 0.6 is 12.4 Å². The number of nitrogens with one attached hydrogen (secondary N) is 1. The highest BCUT2D eigenvalue weighted by molar-refractivity contribution is 5.89. The van der Waals surface area contributed by atoms with Gasteiger partial charge in [0.1, 0.15) is 0 Å². The van der Waals surface area contributed by atoms with Crippen molar-refractivity contribution in [2.75, 3.05) is 6.54 Å². The van der Waals surface area contributed by atoms with Crippen molar-refractivity contribution >= 4 is 18.3 Å². The van der Waals surface area contributed by atoms with E-state index in [2.05, 4.69) is 5.32 Å². The van der Waals surface area contributed by atoms with E-state index in [1.807, 2.05) is 0 Å². The number of amides is 1. The summed E-state index contributed by atoms with van der Waals surface area (Å²) in [4.78, 5) is 10.0. The molecular formula is C4H6ClNO. The number of hydrogen-bond donors (Lipinski definition) is 1. The second kappa shape index (κ2) is 2.64. The summed E-state index contributed by atoms with van der Waals surface area (Å²) in [5.74, 6) is 0.0231. The molecule has 0 atom stereocenters. The molecule has 0 aliphatic carbocycles. The molecule has 0 fully saturated rings. The highest BCUT2D eigenvalue weighted by Crippen LogP contribution is 1.79. The average Bonchev–Trinajstić information content (AvgIpc) is 1.86. The predicted molar refractivity (Wildman–Crippen MR) is 29.4 cm³/mol. The molecule has 0 aromatic heterocycles. The summed E-state index contributed by atoms with van der Waals surface area (Å²) in [5, 5.41) is 2.57. The van der Waals surface area contributed by atoms with E-state index in [0.29, 0.717) is 6.54 Å². The van der Waals surface area contributed by atoms with E-state index in [9.17, 15) is 4.79 Å². The molecule has 7 heavy (non-hydrogen) atoms. The zero-order valence-corrected chi connectivity index (χ0v) is 4.49. The van der Waals surface area contributed by atoms with E-state index in [1.54, 1.807) is 6.08 Å². The molecule has 0 spiro atoms. The number of carbonyl (C=O) groups excluding carboxylic acids is 1. The van der Waals surface area contributed by atoms with Crippen molar-refractivity contribution in [1.82, 2.24) is 5.32 Å². The molecule has 0 aromatic carbocycles. The molecule has 1 aliphatic heterocycles. The van der Waals surface area contributed by atoms with E-state index in [1.165, 1.54) is 6.08 Å². The van der Waals surface area contributed by atoms with Crippen LogP contribution in [-0.2, 0) is 4.79 Å². The Morgan fingerprint density at radius 2 is 2.43 bits per heavy atom. The van der Waals surface area contributed by atoms with Crippen LogP contribution in [0.4, 0.5) is 0 Å². The van der Waals surface area contributed by atoms with Gasteiger partial charge in [0.2, 0.25) is 5.91 Å². The Kier molecular flexibility index (Phi) is 2.45. The molecule has 0 saturated heterocycles. The first kappa shape index (κ1) is 6.50. The molecule has 0 radical (unpaired) electrons. The maximum absolute atomic E-state index is 10.0. The molecule has 3 heteroatoms. The van der Waals surface area contributed by atoms with Gasteiger partial charge in [-0.3, -0.25) is 4.79 Å². The summed E-state index contributed by atoms with van der Waals surface area (Å²) in [5.41, 5.74) is 0. The average molecular weight is 120 g/mol. The van der Waals surface area contributed by atoms with Gasteiger partial charge in [-0.2, -0.15) is 0 Å². The van der Waals surface area contributed by atoms with Gasteiger partial charge >= 0.3 is 0 Å². The van der Waals surface area contributed by atoms with E-state index in [4.69, 9.17) is 0 Å². The molecule has 0 unspecified atom stereocenters. The van der Waals surface area contributed by atoms with Gasteiger partial charge in [0.15, 0.2) is 0 Å². The van der Waals surface area contributed by atoms with E-state index in [0.717, 1.165) is 0 Å². The molecule has 1 aliphatic rings. The lowest BCUT2D eigenvalue weighted by atomic mass is 10.6. The Morgan fingerprint density at radius 1 is 1.71 bits per heavy atom. The Balaban J connectivity index is 0.000000360. The third-order valence-corrected chi connectivity index (χ3v) is 0.663. The Morgan fingerprint density at radius 3 is 2.57 bits per heavy atom. The second-order valence-corrected chi connectivity index (χ2v) is 1.15. The van der Waals surface area contributed by atoms with Crippen LogP contribution in [0.15, 0.2) is 12.2 Å². The predicted octanol–water partition coefficient (Wildman–Crippen LogP) is 0.0942. The van der Waals surface area contributed by atoms with Gasteiger partial charge in [-0.15, -0.1) is 12.4 Å². The summed E-state index contributed by atoms with van der Waals surface area (Å²) in [6.07, 6.45) is 3.32. The van der Waals surface area contributed by atoms with Crippen LogP contribution < -0.4 is 5.32 Å². The van der Waals surface area contributed by atoms with Crippen LogP contribution in [0, 0.1) is 0 Å². The third-order valence-electron chi connectivity index (χ3n) is 0.663. The summed E-state index contributed by atoms with van der Waals surface area (Å²) in [6.45, 7) is 0.707. The van der Waals surface area contributed by atoms with E-state index < -0.39 is 0 Å². The molecule has 1 amide bonds. The molecule has 1 rings (SSSR count). The Bertz CT molecular complexity index is 99.9. The zero-order chi connectivity index (χ0) is 4.41. The van der Waals surface area contributed by atoms with Crippen LogP contribution in [0.5, 0.6) is 0 Å². The first-order chi connectivity index (χ1) is 2.89. The van der Waals surface area contributed by atoms with Crippen LogP contribution in [0.25, 0.3) is 0 Å². The van der Waals surface area contributed by atoms with Crippen LogP contribution in [0.3, 0.4) is 0 Å². The summed E-state index contributed by atoms with van der Waals surface area (Å²) < 4.78 is 0. The minimum absolute atomic E-state index is 0. The number of carbonyl (C=O) groups is 1. The molecule has 1 heterocycles. The number of hydrogen-bond acceptors (Lipinski definition) is 1. The van der Waals surface area contributed by atoms with E-state index >= 15 is 0 Å². The second-order valence-electron chi connectivity index (χ2n) is 1.15. The van der Waals surface area contributed by atoms with Crippen molar-refractivity contribution in [3.63, 3.8) is 0 Å². The van der Waals surface area contributed by atoms with Crippen molar-refractivity contribution in [3.8, 4) is 0 Å². The van der Waals surface area contributed by atoms with Gasteiger partial charge in [0, 0.05) is 12.6 Å². The third kappa shape index (κ3) is 1.59. The number of rotatable bonds is 0. The monoisotopic (exact) mass is 119 g/mol. The lowest BCUT2D eigenvalue weighted by Crippen LogP contribution is -2.13. The molecule has 0 saturated carbocycles. The topological polar surface area (TPSA) is 29.1 Å². The first-order valence-corrected chi connectivity index (χ1v) is 1.84. The van der Waals surface area contributed by atoms with E-state index in [-0.39, 0.29) is 18.3 Å². The van der Waals surface area contributed by atoms with Crippen molar-refractivity contribution in [3.05, 3.63) is 12.2 Å². The lowest BCUT2D eigenvalue weighted by molar-refractivity contribution is -0.115. The lowest BCUT2D eigenvalue weighted by Gasteiger charge is -1.80. The van der Waals surface area contributed by atoms with Gasteiger partial charge in [0.25, 0.3) is 0 Å². The highest BCUT2D eigenvalue weighted by atomic mass is 35.5. The maximum atomic E-state index is 10.0. The van der Waals surface area contributed by atoms with Gasteiger partial charge < -0.3 is 5.32 Å². The standard InChI is InChI=1S/C4H5NO.ClH/c6-4-2-1-3-5-4;/h1-2H,3H2,(H,5,6);1H. The molecule has 1 N–H and O–H groups in total. The Hall–Kier alpha value is -0.500. The van der Waals surface area contributed by atoms with Gasteiger partial charge in [-0.25, -0.2) is 0 Å². The first-order valence-electron chi connectivity index (χ1n) is 1.84. The quantitative estimate of drug-likeness (QED) is 0.481. The van der Waals surface area contributed by atoms with Crippen LogP contribution in [0.1, 0.15) is 0 Å². The zero-order valence-electron chi connectivity index (χ0n) is 3.68. The molecule has 2 nitrogen and oxygen atoms in total. The largest absolute Gasteiger partial charge is 0.349 e. The molecule has 0 aromatic rings. The van der Waals surface area contributed by atoms with Crippen LogP contribution in [0.2, 0.25) is 0 Å². The normalized spacial score (nSPS) is 15.7. The maximum Gasteiger partial charge on any atom is 0.243 e. The summed E-state index contributed by atoms with van der Waals surface area (Å²) in [6, 6.07) is 0. The van der Waals surface area contributed by atoms with Crippen LogP contribution in [-0.4, -0.2) is 12.5 Å². The molecular weight excluding hydrogens is 114 g/mol. The fraction of sp³-hybridized carbons (Fsp3) is 0.250. The minimum Gasteiger partial charge on any atom is -0.349 e. The number of halogens is 1. The highest BCUT2D eigenvalue weighted by Gasteiger charge is 1.95. The summed E-state index contributed by atoms with van der Waals surface area (Å²) >= 11 is 0. The van der Waals surface area contributed by atoms with Crippen molar-refractivity contribution in [2.24, 2.45) is 0 Å². The van der Waals surface area contributed by atoms with Gasteiger partial charge in [-0.1, -0.05) is 6.08 Å². The summed E-state index contributed by atoms with van der Waals surface area (Å²) in [7, 11) is 0. The minimum atomic E-state index is 0. The Labute approximate surface area is 48.0 Å². The smallest absolute Gasteiger partial charge is 0.243 e. The van der Waals surface area contributed by atoms with Crippen molar-refractivity contribution in [2.45, 2.75) is 0 Å². The van der Waals surface area contributed by atoms with Gasteiger partial charge in [-0.05, 0) is 0 Å². The SMILES string of the molecule is Cl.O=C1C=CCN1. The fourth-order valence-electron chi connectivity index (χ4n) is 0.384. The molecule has 40 valence electrons.